The van der Waals surface area contributed by atoms with E-state index in [0.29, 0.717) is 0 Å². The molecule has 0 heterocycles. The second-order valence-corrected chi connectivity index (χ2v) is 4.29. The lowest BCUT2D eigenvalue weighted by Crippen LogP contribution is -2.49. The standard InChI is InChI=1S/C13H16N2O5/c14-9(7-11(16)17)12(18)15-10(13(19)20)6-8-4-2-1-3-5-8/h1-5,9-10H,6-7,14H2,(H,15,18)(H,16,17)(H,19,20)/t9-,10-/m1/s1. The highest BCUT2D eigenvalue weighted by molar-refractivity contribution is 5.89. The van der Waals surface area contributed by atoms with Gasteiger partial charge in [-0.1, -0.05) is 30.3 Å². The predicted molar refractivity (Wildman–Crippen MR) is 69.9 cm³/mol. The Labute approximate surface area is 115 Å². The predicted octanol–water partition coefficient (Wildman–Crippen LogP) is -0.399. The third-order valence-corrected chi connectivity index (χ3v) is 2.63. The fourth-order valence-electron chi connectivity index (χ4n) is 1.61. The molecule has 2 atom stereocenters. The number of benzene rings is 1. The second-order valence-electron chi connectivity index (χ2n) is 4.29. The van der Waals surface area contributed by atoms with Gasteiger partial charge in [-0.3, -0.25) is 9.59 Å². The molecular weight excluding hydrogens is 264 g/mol. The first-order chi connectivity index (χ1) is 9.40. The van der Waals surface area contributed by atoms with E-state index in [-0.39, 0.29) is 6.42 Å². The van der Waals surface area contributed by atoms with Crippen LogP contribution < -0.4 is 11.1 Å². The molecule has 1 amide bonds. The zero-order chi connectivity index (χ0) is 15.1. The number of rotatable bonds is 7. The largest absolute Gasteiger partial charge is 0.481 e. The summed E-state index contributed by atoms with van der Waals surface area (Å²) >= 11 is 0. The molecule has 0 unspecified atom stereocenters. The molecule has 0 radical (unpaired) electrons. The Balaban J connectivity index is 2.66. The summed E-state index contributed by atoms with van der Waals surface area (Å²) in [7, 11) is 0. The summed E-state index contributed by atoms with van der Waals surface area (Å²) in [5.41, 5.74) is 6.12. The Morgan fingerprint density at radius 1 is 1.15 bits per heavy atom. The number of carboxylic acids is 2. The Morgan fingerprint density at radius 2 is 1.75 bits per heavy atom. The van der Waals surface area contributed by atoms with Crippen LogP contribution in [0.5, 0.6) is 0 Å². The average Bonchev–Trinajstić information content (AvgIpc) is 2.38. The summed E-state index contributed by atoms with van der Waals surface area (Å²) in [6, 6.07) is 6.35. The van der Waals surface area contributed by atoms with E-state index >= 15 is 0 Å². The molecule has 0 aliphatic heterocycles. The third-order valence-electron chi connectivity index (χ3n) is 2.63. The van der Waals surface area contributed by atoms with Gasteiger partial charge in [-0.25, -0.2) is 4.79 Å². The van der Waals surface area contributed by atoms with Gasteiger partial charge >= 0.3 is 11.9 Å². The fraction of sp³-hybridized carbons (Fsp3) is 0.308. The average molecular weight is 280 g/mol. The number of nitrogens with one attached hydrogen (secondary N) is 1. The Morgan fingerprint density at radius 3 is 2.25 bits per heavy atom. The van der Waals surface area contributed by atoms with Gasteiger partial charge in [-0.2, -0.15) is 0 Å². The molecule has 108 valence electrons. The summed E-state index contributed by atoms with van der Waals surface area (Å²) in [4.78, 5) is 33.2. The first kappa shape index (κ1) is 15.6. The van der Waals surface area contributed by atoms with Gasteiger partial charge in [0.25, 0.3) is 0 Å². The maximum Gasteiger partial charge on any atom is 0.326 e. The van der Waals surface area contributed by atoms with Crippen LogP contribution in [0.1, 0.15) is 12.0 Å². The van der Waals surface area contributed by atoms with Crippen molar-refractivity contribution in [1.29, 1.82) is 0 Å². The summed E-state index contributed by atoms with van der Waals surface area (Å²) < 4.78 is 0. The molecule has 0 saturated carbocycles. The maximum atomic E-state index is 11.6. The summed E-state index contributed by atoms with van der Waals surface area (Å²) in [5.74, 6) is -3.22. The van der Waals surface area contributed by atoms with Gasteiger partial charge in [-0.15, -0.1) is 0 Å². The molecule has 7 nitrogen and oxygen atoms in total. The van der Waals surface area contributed by atoms with Crippen molar-refractivity contribution in [2.24, 2.45) is 5.73 Å². The lowest BCUT2D eigenvalue weighted by Gasteiger charge is -2.17. The van der Waals surface area contributed by atoms with E-state index in [1.54, 1.807) is 30.3 Å². The van der Waals surface area contributed by atoms with Crippen LogP contribution in [0.2, 0.25) is 0 Å². The number of carbonyl (C=O) groups excluding carboxylic acids is 1. The van der Waals surface area contributed by atoms with Crippen molar-refractivity contribution in [3.05, 3.63) is 35.9 Å². The first-order valence-electron chi connectivity index (χ1n) is 5.94. The maximum absolute atomic E-state index is 11.6. The molecule has 20 heavy (non-hydrogen) atoms. The summed E-state index contributed by atoms with van der Waals surface area (Å²) in [6.45, 7) is 0. The van der Waals surface area contributed by atoms with Gasteiger partial charge in [0, 0.05) is 6.42 Å². The Kier molecular flexibility index (Phi) is 5.67. The van der Waals surface area contributed by atoms with Crippen molar-refractivity contribution in [2.45, 2.75) is 24.9 Å². The van der Waals surface area contributed by atoms with Gasteiger partial charge < -0.3 is 21.3 Å². The van der Waals surface area contributed by atoms with Gasteiger partial charge in [-0.05, 0) is 5.56 Å². The van der Waals surface area contributed by atoms with Gasteiger partial charge in [0.05, 0.1) is 12.5 Å². The summed E-state index contributed by atoms with van der Waals surface area (Å²) in [5, 5.41) is 19.9. The van der Waals surface area contributed by atoms with Crippen LogP contribution in [0.25, 0.3) is 0 Å². The van der Waals surface area contributed by atoms with Gasteiger partial charge in [0.15, 0.2) is 0 Å². The van der Waals surface area contributed by atoms with Crippen LogP contribution in [-0.4, -0.2) is 40.1 Å². The smallest absolute Gasteiger partial charge is 0.326 e. The van der Waals surface area contributed by atoms with Crippen molar-refractivity contribution in [3.63, 3.8) is 0 Å². The topological polar surface area (TPSA) is 130 Å². The Bertz CT molecular complexity index is 489. The summed E-state index contributed by atoms with van der Waals surface area (Å²) in [6.07, 6.45) is -0.453. The van der Waals surface area contributed by atoms with E-state index < -0.39 is 36.4 Å². The molecule has 0 aromatic heterocycles. The van der Waals surface area contributed by atoms with E-state index in [4.69, 9.17) is 15.9 Å². The van der Waals surface area contributed by atoms with Crippen LogP contribution in [0.15, 0.2) is 30.3 Å². The highest BCUT2D eigenvalue weighted by atomic mass is 16.4. The molecule has 1 rings (SSSR count). The molecule has 0 aliphatic rings. The molecule has 0 fully saturated rings. The SMILES string of the molecule is N[C@H](CC(=O)O)C(=O)N[C@H](Cc1ccccc1)C(=O)O. The highest BCUT2D eigenvalue weighted by Gasteiger charge is 2.24. The van der Waals surface area contributed by atoms with E-state index in [1.165, 1.54) is 0 Å². The van der Waals surface area contributed by atoms with Crippen molar-refractivity contribution >= 4 is 17.8 Å². The van der Waals surface area contributed by atoms with E-state index in [9.17, 15) is 14.4 Å². The molecule has 1 aromatic rings. The van der Waals surface area contributed by atoms with Crippen LogP contribution in [0.3, 0.4) is 0 Å². The lowest BCUT2D eigenvalue weighted by molar-refractivity contribution is -0.142. The molecule has 1 aromatic carbocycles. The van der Waals surface area contributed by atoms with Crippen LogP contribution in [-0.2, 0) is 20.8 Å². The number of carbonyl (C=O) groups is 3. The quantitative estimate of drug-likeness (QED) is 0.537. The molecule has 5 N–H and O–H groups in total. The minimum Gasteiger partial charge on any atom is -0.481 e. The zero-order valence-electron chi connectivity index (χ0n) is 10.7. The minimum absolute atomic E-state index is 0.0989. The van der Waals surface area contributed by atoms with Crippen molar-refractivity contribution in [2.75, 3.05) is 0 Å². The highest BCUT2D eigenvalue weighted by Crippen LogP contribution is 2.04. The number of carboxylic acid groups (broad SMARTS) is 2. The second kappa shape index (κ2) is 7.25. The molecular formula is C13H16N2O5. The molecule has 0 spiro atoms. The Hall–Kier alpha value is -2.41. The molecule has 0 bridgehead atoms. The first-order valence-corrected chi connectivity index (χ1v) is 5.94. The van der Waals surface area contributed by atoms with Gasteiger partial charge in [0.2, 0.25) is 5.91 Å². The number of aliphatic carboxylic acids is 2. The van der Waals surface area contributed by atoms with Crippen LogP contribution in [0, 0.1) is 0 Å². The molecule has 7 heteroatoms. The monoisotopic (exact) mass is 280 g/mol. The fourth-order valence-corrected chi connectivity index (χ4v) is 1.61. The van der Waals surface area contributed by atoms with Crippen molar-refractivity contribution in [3.8, 4) is 0 Å². The lowest BCUT2D eigenvalue weighted by atomic mass is 10.1. The van der Waals surface area contributed by atoms with Crippen LogP contribution >= 0.6 is 0 Å². The number of hydrogen-bond donors (Lipinski definition) is 4. The van der Waals surface area contributed by atoms with E-state index in [0.717, 1.165) is 5.56 Å². The van der Waals surface area contributed by atoms with Gasteiger partial charge in [0.1, 0.15) is 6.04 Å². The van der Waals surface area contributed by atoms with Crippen molar-refractivity contribution < 1.29 is 24.6 Å². The van der Waals surface area contributed by atoms with E-state index in [1.807, 2.05) is 0 Å². The van der Waals surface area contributed by atoms with Crippen LogP contribution in [0.4, 0.5) is 0 Å². The number of hydrogen-bond acceptors (Lipinski definition) is 4. The van der Waals surface area contributed by atoms with Crippen molar-refractivity contribution in [1.82, 2.24) is 5.32 Å². The molecule has 0 aliphatic carbocycles. The van der Waals surface area contributed by atoms with E-state index in [2.05, 4.69) is 5.32 Å². The normalized spacial score (nSPS) is 13.2. The number of nitrogens with two attached hydrogens (primary N) is 1. The molecule has 0 saturated heterocycles. The zero-order valence-corrected chi connectivity index (χ0v) is 10.7. The number of amides is 1. The third kappa shape index (κ3) is 5.07. The minimum atomic E-state index is -1.27.